The van der Waals surface area contributed by atoms with Crippen molar-refractivity contribution in [2.45, 2.75) is 0 Å². The molecule has 0 heterocycles. The first-order valence-electron chi connectivity index (χ1n) is 6.16. The third kappa shape index (κ3) is 4.99. The Morgan fingerprint density at radius 1 is 0.810 bits per heavy atom. The molecule has 0 radical (unpaired) electrons. The van der Waals surface area contributed by atoms with Crippen LogP contribution in [0.1, 0.15) is 20.7 Å². The van der Waals surface area contributed by atoms with Gasteiger partial charge in [0.25, 0.3) is 0 Å². The lowest BCUT2D eigenvalue weighted by atomic mass is 10.2. The van der Waals surface area contributed by atoms with E-state index in [1.54, 1.807) is 48.5 Å². The lowest BCUT2D eigenvalue weighted by Gasteiger charge is -2.00. The average molecular weight is 287 g/mol. The number of anilines is 1. The van der Waals surface area contributed by atoms with Gasteiger partial charge in [-0.05, 0) is 24.3 Å². The standard InChI is InChI=1S/C8H9NO2.C8H8O2/c1-11-8(10)6-4-2-3-5-7(6)9;1-10-8(9)7-5-3-2-4-6-7/h2-5H,9H2,1H3;2-6H,1H3. The Hall–Kier alpha value is -2.82. The molecule has 2 rings (SSSR count). The maximum Gasteiger partial charge on any atom is 0.339 e. The van der Waals surface area contributed by atoms with Gasteiger partial charge in [-0.2, -0.15) is 0 Å². The van der Waals surface area contributed by atoms with E-state index in [0.717, 1.165) is 0 Å². The van der Waals surface area contributed by atoms with Gasteiger partial charge >= 0.3 is 11.9 Å². The highest BCUT2D eigenvalue weighted by Crippen LogP contribution is 2.10. The summed E-state index contributed by atoms with van der Waals surface area (Å²) in [4.78, 5) is 21.7. The Bertz CT molecular complexity index is 596. The van der Waals surface area contributed by atoms with Gasteiger partial charge in [0.15, 0.2) is 0 Å². The number of rotatable bonds is 2. The van der Waals surface area contributed by atoms with Gasteiger partial charge in [-0.25, -0.2) is 9.59 Å². The number of carbonyl (C=O) groups excluding carboxylic acids is 2. The molecule has 5 nitrogen and oxygen atoms in total. The summed E-state index contributed by atoms with van der Waals surface area (Å²) in [7, 11) is 2.70. The first-order chi connectivity index (χ1) is 10.1. The van der Waals surface area contributed by atoms with Crippen LogP contribution in [-0.2, 0) is 9.47 Å². The summed E-state index contributed by atoms with van der Waals surface area (Å²) in [6.45, 7) is 0. The second kappa shape index (κ2) is 8.37. The number of carbonyl (C=O) groups is 2. The number of methoxy groups -OCH3 is 2. The number of hydrogen-bond acceptors (Lipinski definition) is 5. The number of nitrogens with two attached hydrogens (primary N) is 1. The zero-order valence-corrected chi connectivity index (χ0v) is 11.9. The number of para-hydroxylation sites is 1. The molecule has 2 aromatic rings. The van der Waals surface area contributed by atoms with Crippen LogP contribution in [0.2, 0.25) is 0 Å². The summed E-state index contributed by atoms with van der Waals surface area (Å²) in [5.74, 6) is -0.691. The largest absolute Gasteiger partial charge is 0.465 e. The number of nitrogen functional groups attached to an aromatic ring is 1. The molecule has 2 aromatic carbocycles. The summed E-state index contributed by atoms with van der Waals surface area (Å²) in [5.41, 5.74) is 6.94. The van der Waals surface area contributed by atoms with Crippen molar-refractivity contribution in [3.8, 4) is 0 Å². The fourth-order valence-electron chi connectivity index (χ4n) is 1.48. The fourth-order valence-corrected chi connectivity index (χ4v) is 1.48. The van der Waals surface area contributed by atoms with Crippen LogP contribution in [-0.4, -0.2) is 26.2 Å². The molecule has 110 valence electrons. The number of esters is 2. The van der Waals surface area contributed by atoms with Crippen LogP contribution in [0.3, 0.4) is 0 Å². The molecule has 0 fully saturated rings. The molecule has 0 amide bonds. The van der Waals surface area contributed by atoms with E-state index in [-0.39, 0.29) is 5.97 Å². The summed E-state index contributed by atoms with van der Waals surface area (Å²) in [5, 5.41) is 0. The van der Waals surface area contributed by atoms with Crippen LogP contribution in [0, 0.1) is 0 Å². The van der Waals surface area contributed by atoms with Crippen molar-refractivity contribution in [2.75, 3.05) is 20.0 Å². The zero-order chi connectivity index (χ0) is 15.7. The predicted octanol–water partition coefficient (Wildman–Crippen LogP) is 2.53. The molecule has 0 atom stereocenters. The van der Waals surface area contributed by atoms with Gasteiger partial charge in [0, 0.05) is 5.69 Å². The second-order valence-electron chi connectivity index (χ2n) is 3.94. The van der Waals surface area contributed by atoms with Crippen LogP contribution in [0.5, 0.6) is 0 Å². The molecule has 0 saturated carbocycles. The van der Waals surface area contributed by atoms with Gasteiger partial charge in [-0.1, -0.05) is 30.3 Å². The fraction of sp³-hybridized carbons (Fsp3) is 0.125. The number of ether oxygens (including phenoxy) is 2. The molecule has 0 unspecified atom stereocenters. The van der Waals surface area contributed by atoms with Crippen molar-refractivity contribution >= 4 is 17.6 Å². The lowest BCUT2D eigenvalue weighted by molar-refractivity contribution is 0.0592. The van der Waals surface area contributed by atoms with Crippen molar-refractivity contribution in [1.82, 2.24) is 0 Å². The maximum absolute atomic E-state index is 10.9. The molecular formula is C16H17NO4. The smallest absolute Gasteiger partial charge is 0.339 e. The summed E-state index contributed by atoms with van der Waals surface area (Å²) >= 11 is 0. The molecule has 21 heavy (non-hydrogen) atoms. The molecule has 0 aliphatic carbocycles. The second-order valence-corrected chi connectivity index (χ2v) is 3.94. The van der Waals surface area contributed by atoms with E-state index < -0.39 is 5.97 Å². The minimum atomic E-state index is -0.400. The summed E-state index contributed by atoms with van der Waals surface area (Å²) in [6.07, 6.45) is 0. The maximum atomic E-state index is 10.9. The van der Waals surface area contributed by atoms with E-state index in [1.165, 1.54) is 14.2 Å². The quantitative estimate of drug-likeness (QED) is 0.678. The Balaban J connectivity index is 0.000000211. The zero-order valence-electron chi connectivity index (χ0n) is 11.9. The van der Waals surface area contributed by atoms with E-state index in [9.17, 15) is 9.59 Å². The van der Waals surface area contributed by atoms with E-state index in [2.05, 4.69) is 9.47 Å². The molecule has 0 spiro atoms. The van der Waals surface area contributed by atoms with E-state index in [0.29, 0.717) is 16.8 Å². The highest BCUT2D eigenvalue weighted by molar-refractivity contribution is 5.94. The van der Waals surface area contributed by atoms with Gasteiger partial charge in [0.1, 0.15) is 0 Å². The highest BCUT2D eigenvalue weighted by atomic mass is 16.5. The normalized spacial score (nSPS) is 9.05. The molecular weight excluding hydrogens is 270 g/mol. The van der Waals surface area contributed by atoms with Gasteiger partial charge in [-0.15, -0.1) is 0 Å². The minimum Gasteiger partial charge on any atom is -0.465 e. The van der Waals surface area contributed by atoms with Crippen LogP contribution in [0.4, 0.5) is 5.69 Å². The van der Waals surface area contributed by atoms with E-state index in [4.69, 9.17) is 5.73 Å². The van der Waals surface area contributed by atoms with Crippen LogP contribution < -0.4 is 5.73 Å². The van der Waals surface area contributed by atoms with Gasteiger partial charge < -0.3 is 15.2 Å². The van der Waals surface area contributed by atoms with E-state index >= 15 is 0 Å². The molecule has 0 bridgehead atoms. The minimum absolute atomic E-state index is 0.291. The SMILES string of the molecule is COC(=O)c1ccccc1.COC(=O)c1ccccc1N. The molecule has 5 heteroatoms. The number of benzene rings is 2. The van der Waals surface area contributed by atoms with Crippen molar-refractivity contribution < 1.29 is 19.1 Å². The van der Waals surface area contributed by atoms with Crippen molar-refractivity contribution in [3.05, 3.63) is 65.7 Å². The Morgan fingerprint density at radius 2 is 1.33 bits per heavy atom. The van der Waals surface area contributed by atoms with Crippen LogP contribution >= 0.6 is 0 Å². The molecule has 0 aliphatic heterocycles. The van der Waals surface area contributed by atoms with Crippen LogP contribution in [0.25, 0.3) is 0 Å². The van der Waals surface area contributed by atoms with Gasteiger partial charge in [-0.3, -0.25) is 0 Å². The van der Waals surface area contributed by atoms with Gasteiger partial charge in [0.2, 0.25) is 0 Å². The Labute approximate surface area is 123 Å². The van der Waals surface area contributed by atoms with E-state index in [1.807, 2.05) is 6.07 Å². The monoisotopic (exact) mass is 287 g/mol. The van der Waals surface area contributed by atoms with Crippen molar-refractivity contribution in [2.24, 2.45) is 0 Å². The molecule has 0 aliphatic rings. The highest BCUT2D eigenvalue weighted by Gasteiger charge is 2.06. The molecule has 0 aromatic heterocycles. The third-order valence-corrected chi connectivity index (χ3v) is 2.56. The Morgan fingerprint density at radius 3 is 1.86 bits per heavy atom. The topological polar surface area (TPSA) is 78.6 Å². The molecule has 0 saturated heterocycles. The van der Waals surface area contributed by atoms with Gasteiger partial charge in [0.05, 0.1) is 25.3 Å². The first-order valence-corrected chi connectivity index (χ1v) is 6.16. The number of hydrogen-bond donors (Lipinski definition) is 1. The van der Waals surface area contributed by atoms with Crippen LogP contribution in [0.15, 0.2) is 54.6 Å². The first kappa shape index (κ1) is 16.2. The summed E-state index contributed by atoms with van der Waals surface area (Å²) in [6, 6.07) is 15.7. The third-order valence-electron chi connectivity index (χ3n) is 2.56. The predicted molar refractivity (Wildman–Crippen MR) is 80.0 cm³/mol. The average Bonchev–Trinajstić information content (AvgIpc) is 2.55. The van der Waals surface area contributed by atoms with Crippen molar-refractivity contribution in [1.29, 1.82) is 0 Å². The summed E-state index contributed by atoms with van der Waals surface area (Å²) < 4.78 is 9.00. The Kier molecular flexibility index (Phi) is 6.47. The molecule has 2 N–H and O–H groups in total. The lowest BCUT2D eigenvalue weighted by Crippen LogP contribution is -2.04. The van der Waals surface area contributed by atoms with Crippen molar-refractivity contribution in [3.63, 3.8) is 0 Å².